The molecule has 2 rings (SSSR count). The summed E-state index contributed by atoms with van der Waals surface area (Å²) in [6.07, 6.45) is 1.60. The van der Waals surface area contributed by atoms with Crippen LogP contribution in [0.15, 0.2) is 23.1 Å². The molecule has 0 aliphatic rings. The van der Waals surface area contributed by atoms with Gasteiger partial charge in [-0.25, -0.2) is 15.0 Å². The fourth-order valence-corrected chi connectivity index (χ4v) is 1.19. The highest BCUT2D eigenvalue weighted by molar-refractivity contribution is 5.50. The molecule has 2 aromatic rings. The minimum absolute atomic E-state index is 0.171. The van der Waals surface area contributed by atoms with Gasteiger partial charge in [-0.15, -0.1) is 0 Å². The van der Waals surface area contributed by atoms with Crippen molar-refractivity contribution in [1.82, 2.24) is 19.9 Å². The van der Waals surface area contributed by atoms with Crippen LogP contribution in [0.2, 0.25) is 0 Å². The highest BCUT2D eigenvalue weighted by Gasteiger charge is 2.03. The summed E-state index contributed by atoms with van der Waals surface area (Å²) in [6.45, 7) is 1.76. The number of rotatable bonds is 1. The molecule has 0 atom stereocenters. The molecule has 76 valence electrons. The van der Waals surface area contributed by atoms with Crippen LogP contribution in [0.5, 0.6) is 0 Å². The van der Waals surface area contributed by atoms with E-state index in [4.69, 9.17) is 5.73 Å². The Hall–Kier alpha value is -2.24. The van der Waals surface area contributed by atoms with Crippen molar-refractivity contribution in [3.05, 3.63) is 34.5 Å². The molecule has 2 heterocycles. The van der Waals surface area contributed by atoms with Gasteiger partial charge in [-0.05, 0) is 13.0 Å². The second-order valence-corrected chi connectivity index (χ2v) is 3.01. The van der Waals surface area contributed by atoms with Crippen LogP contribution in [-0.4, -0.2) is 19.9 Å². The molecule has 0 fully saturated rings. The standard InChI is InChI=1S/C9H9N5O/c1-5-11-3-2-6(12-5)9-13-7(10)4-8(15)14-9/h2-4H,1H3,(H3,10,13,14,15). The van der Waals surface area contributed by atoms with Crippen LogP contribution in [0, 0.1) is 6.92 Å². The molecule has 0 unspecified atom stereocenters. The molecule has 0 saturated carbocycles. The zero-order valence-corrected chi connectivity index (χ0v) is 8.06. The number of nitrogens with zero attached hydrogens (tertiary/aromatic N) is 3. The largest absolute Gasteiger partial charge is 0.383 e. The molecule has 2 aromatic heterocycles. The van der Waals surface area contributed by atoms with Gasteiger partial charge in [0.25, 0.3) is 5.56 Å². The zero-order chi connectivity index (χ0) is 10.8. The molecule has 0 aromatic carbocycles. The lowest BCUT2D eigenvalue weighted by Crippen LogP contribution is -2.10. The topological polar surface area (TPSA) is 97.5 Å². The first-order chi connectivity index (χ1) is 7.15. The van der Waals surface area contributed by atoms with Crippen LogP contribution in [0.4, 0.5) is 5.82 Å². The highest BCUT2D eigenvalue weighted by Crippen LogP contribution is 2.09. The number of nitrogens with one attached hydrogen (secondary N) is 1. The quantitative estimate of drug-likeness (QED) is 0.685. The van der Waals surface area contributed by atoms with Gasteiger partial charge in [0.15, 0.2) is 5.82 Å². The van der Waals surface area contributed by atoms with Gasteiger partial charge in [-0.3, -0.25) is 4.79 Å². The van der Waals surface area contributed by atoms with E-state index in [1.807, 2.05) is 0 Å². The maximum absolute atomic E-state index is 11.2. The van der Waals surface area contributed by atoms with E-state index < -0.39 is 0 Å². The average molecular weight is 203 g/mol. The molecule has 15 heavy (non-hydrogen) atoms. The zero-order valence-electron chi connectivity index (χ0n) is 8.06. The molecule has 0 aliphatic heterocycles. The van der Waals surface area contributed by atoms with Gasteiger partial charge >= 0.3 is 0 Å². The van der Waals surface area contributed by atoms with E-state index in [1.165, 1.54) is 6.07 Å². The van der Waals surface area contributed by atoms with Crippen molar-refractivity contribution < 1.29 is 0 Å². The van der Waals surface area contributed by atoms with Crippen LogP contribution in [0.25, 0.3) is 11.5 Å². The molecule has 6 nitrogen and oxygen atoms in total. The average Bonchev–Trinajstić information content (AvgIpc) is 2.16. The Morgan fingerprint density at radius 1 is 1.40 bits per heavy atom. The second-order valence-electron chi connectivity index (χ2n) is 3.01. The Labute approximate surface area is 85.2 Å². The first-order valence-electron chi connectivity index (χ1n) is 4.32. The lowest BCUT2D eigenvalue weighted by molar-refractivity contribution is 1.03. The number of hydrogen-bond acceptors (Lipinski definition) is 5. The van der Waals surface area contributed by atoms with Crippen molar-refractivity contribution in [1.29, 1.82) is 0 Å². The molecular formula is C9H9N5O. The minimum Gasteiger partial charge on any atom is -0.383 e. The molecule has 0 aliphatic carbocycles. The number of nitrogen functional groups attached to an aromatic ring is 1. The van der Waals surface area contributed by atoms with Gasteiger partial charge in [0.05, 0.1) is 0 Å². The smallest absolute Gasteiger partial charge is 0.253 e. The number of anilines is 1. The van der Waals surface area contributed by atoms with Crippen LogP contribution in [0.3, 0.4) is 0 Å². The van der Waals surface area contributed by atoms with E-state index in [-0.39, 0.29) is 11.4 Å². The molecule has 0 bridgehead atoms. The van der Waals surface area contributed by atoms with Gasteiger partial charge in [-0.2, -0.15) is 0 Å². The van der Waals surface area contributed by atoms with Gasteiger partial charge in [0.2, 0.25) is 0 Å². The highest BCUT2D eigenvalue weighted by atomic mass is 16.1. The van der Waals surface area contributed by atoms with E-state index >= 15 is 0 Å². The van der Waals surface area contributed by atoms with Gasteiger partial charge in [0, 0.05) is 12.3 Å². The predicted molar refractivity (Wildman–Crippen MR) is 55.0 cm³/mol. The maximum Gasteiger partial charge on any atom is 0.253 e. The monoisotopic (exact) mass is 203 g/mol. The second kappa shape index (κ2) is 3.49. The van der Waals surface area contributed by atoms with E-state index in [9.17, 15) is 4.79 Å². The Bertz CT molecular complexity index is 548. The summed E-state index contributed by atoms with van der Waals surface area (Å²) in [7, 11) is 0. The maximum atomic E-state index is 11.2. The summed E-state index contributed by atoms with van der Waals surface area (Å²) in [4.78, 5) is 25.8. The Kier molecular flexibility index (Phi) is 2.17. The molecule has 0 spiro atoms. The molecular weight excluding hydrogens is 194 g/mol. The van der Waals surface area contributed by atoms with Crippen molar-refractivity contribution in [3.8, 4) is 11.5 Å². The summed E-state index contributed by atoms with van der Waals surface area (Å²) in [6, 6.07) is 2.88. The van der Waals surface area contributed by atoms with Crippen LogP contribution in [0.1, 0.15) is 5.82 Å². The Morgan fingerprint density at radius 2 is 2.20 bits per heavy atom. The summed E-state index contributed by atoms with van der Waals surface area (Å²) >= 11 is 0. The van der Waals surface area contributed by atoms with Crippen molar-refractivity contribution in [2.75, 3.05) is 5.73 Å². The first-order valence-corrected chi connectivity index (χ1v) is 4.32. The Balaban J connectivity index is 2.59. The van der Waals surface area contributed by atoms with Crippen molar-refractivity contribution in [2.45, 2.75) is 6.92 Å². The van der Waals surface area contributed by atoms with E-state index in [0.717, 1.165) is 0 Å². The number of aromatic amines is 1. The molecule has 0 radical (unpaired) electrons. The van der Waals surface area contributed by atoms with E-state index in [2.05, 4.69) is 19.9 Å². The van der Waals surface area contributed by atoms with Crippen molar-refractivity contribution in [3.63, 3.8) is 0 Å². The third-order valence-electron chi connectivity index (χ3n) is 1.78. The fourth-order valence-electron chi connectivity index (χ4n) is 1.19. The number of hydrogen-bond donors (Lipinski definition) is 2. The lowest BCUT2D eigenvalue weighted by atomic mass is 10.3. The summed E-state index contributed by atoms with van der Waals surface area (Å²) in [5.74, 6) is 1.13. The number of aromatic nitrogens is 4. The lowest BCUT2D eigenvalue weighted by Gasteiger charge is -2.00. The van der Waals surface area contributed by atoms with Gasteiger partial charge in [0.1, 0.15) is 17.3 Å². The number of nitrogens with two attached hydrogens (primary N) is 1. The van der Waals surface area contributed by atoms with Crippen LogP contribution in [-0.2, 0) is 0 Å². The first kappa shape index (κ1) is 9.32. The van der Waals surface area contributed by atoms with E-state index in [1.54, 1.807) is 19.2 Å². The van der Waals surface area contributed by atoms with Crippen LogP contribution >= 0.6 is 0 Å². The third-order valence-corrected chi connectivity index (χ3v) is 1.78. The van der Waals surface area contributed by atoms with Crippen molar-refractivity contribution in [2.24, 2.45) is 0 Å². The van der Waals surface area contributed by atoms with Crippen LogP contribution < -0.4 is 11.3 Å². The molecule has 6 heteroatoms. The molecule has 3 N–H and O–H groups in total. The van der Waals surface area contributed by atoms with Gasteiger partial charge in [-0.1, -0.05) is 0 Å². The van der Waals surface area contributed by atoms with Crippen molar-refractivity contribution >= 4 is 5.82 Å². The molecule has 0 amide bonds. The Morgan fingerprint density at radius 3 is 2.87 bits per heavy atom. The normalized spacial score (nSPS) is 10.2. The number of H-pyrrole nitrogens is 1. The SMILES string of the molecule is Cc1nccc(-c2nc(N)cc(=O)[nH]2)n1. The third kappa shape index (κ3) is 1.98. The summed E-state index contributed by atoms with van der Waals surface area (Å²) in [5.41, 5.74) is 5.71. The summed E-state index contributed by atoms with van der Waals surface area (Å²) < 4.78 is 0. The van der Waals surface area contributed by atoms with Gasteiger partial charge < -0.3 is 10.7 Å². The molecule has 0 saturated heterocycles. The van der Waals surface area contributed by atoms with E-state index in [0.29, 0.717) is 17.3 Å². The number of aryl methyl sites for hydroxylation is 1. The minimum atomic E-state index is -0.297. The fraction of sp³-hybridized carbons (Fsp3) is 0.111. The predicted octanol–water partition coefficient (Wildman–Crippen LogP) is 0.118. The summed E-state index contributed by atoms with van der Waals surface area (Å²) in [5, 5.41) is 0.